The number of nitrogens with one attached hydrogen (secondary N) is 1. The van der Waals surface area contributed by atoms with E-state index in [1.54, 1.807) is 0 Å². The minimum Gasteiger partial charge on any atom is -0.355 e. The number of hydrogen-bond donors (Lipinski definition) is 1. The molecule has 0 aromatic carbocycles. The zero-order valence-electron chi connectivity index (χ0n) is 8.20. The van der Waals surface area contributed by atoms with E-state index in [4.69, 9.17) is 0 Å². The summed E-state index contributed by atoms with van der Waals surface area (Å²) in [6.45, 7) is 2.18. The van der Waals surface area contributed by atoms with Crippen molar-refractivity contribution in [2.75, 3.05) is 25.0 Å². The first-order valence-corrected chi connectivity index (χ1v) is 5.62. The highest BCUT2D eigenvalue weighted by Crippen LogP contribution is 2.17. The lowest BCUT2D eigenvalue weighted by Crippen LogP contribution is -2.33. The van der Waals surface area contributed by atoms with Gasteiger partial charge in [0, 0.05) is 30.3 Å². The maximum Gasteiger partial charge on any atom is 0.128 e. The topological polar surface area (TPSA) is 28.2 Å². The lowest BCUT2D eigenvalue weighted by molar-refractivity contribution is 0.678. The van der Waals surface area contributed by atoms with Crippen LogP contribution in [0.5, 0.6) is 0 Å². The summed E-state index contributed by atoms with van der Waals surface area (Å²) in [6, 6.07) is 4.66. The molecule has 1 fully saturated rings. The molecule has 76 valence electrons. The highest BCUT2D eigenvalue weighted by atomic mass is 79.9. The van der Waals surface area contributed by atoms with E-state index in [1.165, 1.54) is 6.42 Å². The molecule has 0 unspecified atom stereocenters. The standard InChI is InChI=1S/C10H14BrN3/c1-14(9-4-5-12-7-9)10-3-2-8(11)6-13-10/h2-3,6,9,12H,4-5,7H2,1H3/t9-/m0/s1. The van der Waals surface area contributed by atoms with Crippen molar-refractivity contribution >= 4 is 21.7 Å². The number of pyridine rings is 1. The summed E-state index contributed by atoms with van der Waals surface area (Å²) in [5.74, 6) is 1.04. The molecule has 1 aromatic rings. The van der Waals surface area contributed by atoms with Gasteiger partial charge in [-0.05, 0) is 41.0 Å². The average molecular weight is 256 g/mol. The lowest BCUT2D eigenvalue weighted by atomic mass is 10.2. The highest BCUT2D eigenvalue weighted by molar-refractivity contribution is 9.10. The number of rotatable bonds is 2. The van der Waals surface area contributed by atoms with Gasteiger partial charge in [-0.15, -0.1) is 0 Å². The number of halogens is 1. The molecular formula is C10H14BrN3. The third-order valence-corrected chi connectivity index (χ3v) is 3.12. The maximum atomic E-state index is 4.37. The highest BCUT2D eigenvalue weighted by Gasteiger charge is 2.19. The van der Waals surface area contributed by atoms with E-state index >= 15 is 0 Å². The van der Waals surface area contributed by atoms with Crippen LogP contribution in [0, 0.1) is 0 Å². The predicted octanol–water partition coefficient (Wildman–Crippen LogP) is 1.64. The Bertz CT molecular complexity index is 293. The van der Waals surface area contributed by atoms with Gasteiger partial charge in [-0.1, -0.05) is 0 Å². The Morgan fingerprint density at radius 1 is 1.57 bits per heavy atom. The molecule has 1 N–H and O–H groups in total. The van der Waals surface area contributed by atoms with Gasteiger partial charge < -0.3 is 10.2 Å². The van der Waals surface area contributed by atoms with Crippen molar-refractivity contribution in [1.29, 1.82) is 0 Å². The molecule has 2 rings (SSSR count). The van der Waals surface area contributed by atoms with Gasteiger partial charge in [0.05, 0.1) is 0 Å². The van der Waals surface area contributed by atoms with Gasteiger partial charge in [-0.3, -0.25) is 0 Å². The molecule has 0 aliphatic carbocycles. The SMILES string of the molecule is CN(c1ccc(Br)cn1)[C@H]1CCNC1. The number of nitrogens with zero attached hydrogens (tertiary/aromatic N) is 2. The Kier molecular flexibility index (Phi) is 3.03. The number of aromatic nitrogens is 1. The summed E-state index contributed by atoms with van der Waals surface area (Å²) < 4.78 is 1.03. The van der Waals surface area contributed by atoms with Crippen molar-refractivity contribution in [3.05, 3.63) is 22.8 Å². The fourth-order valence-electron chi connectivity index (χ4n) is 1.73. The van der Waals surface area contributed by atoms with Crippen LogP contribution in [0.15, 0.2) is 22.8 Å². The zero-order chi connectivity index (χ0) is 9.97. The van der Waals surface area contributed by atoms with Crippen LogP contribution >= 0.6 is 15.9 Å². The molecule has 0 saturated carbocycles. The van der Waals surface area contributed by atoms with Gasteiger partial charge in [0.15, 0.2) is 0 Å². The summed E-state index contributed by atoms with van der Waals surface area (Å²) in [6.07, 6.45) is 3.04. The average Bonchev–Trinajstić information content (AvgIpc) is 2.71. The van der Waals surface area contributed by atoms with Crippen LogP contribution in [0.1, 0.15) is 6.42 Å². The van der Waals surface area contributed by atoms with E-state index in [0.29, 0.717) is 6.04 Å². The summed E-state index contributed by atoms with van der Waals surface area (Å²) in [5.41, 5.74) is 0. The molecule has 14 heavy (non-hydrogen) atoms. The van der Waals surface area contributed by atoms with Crippen LogP contribution in [0.3, 0.4) is 0 Å². The molecule has 0 bridgehead atoms. The van der Waals surface area contributed by atoms with Crippen LogP contribution in [-0.4, -0.2) is 31.2 Å². The second-order valence-corrected chi connectivity index (χ2v) is 4.51. The molecule has 1 aliphatic rings. The minimum absolute atomic E-state index is 0.587. The summed E-state index contributed by atoms with van der Waals surface area (Å²) in [5, 5.41) is 3.36. The summed E-state index contributed by atoms with van der Waals surface area (Å²) >= 11 is 3.38. The summed E-state index contributed by atoms with van der Waals surface area (Å²) in [4.78, 5) is 6.62. The number of likely N-dealkylation sites (N-methyl/N-ethyl adjacent to an activating group) is 1. The van der Waals surface area contributed by atoms with Crippen molar-refractivity contribution in [3.63, 3.8) is 0 Å². The minimum atomic E-state index is 0.587. The van der Waals surface area contributed by atoms with Crippen LogP contribution in [0.4, 0.5) is 5.82 Å². The molecule has 4 heteroatoms. The van der Waals surface area contributed by atoms with Gasteiger partial charge >= 0.3 is 0 Å². The van der Waals surface area contributed by atoms with E-state index < -0.39 is 0 Å². The lowest BCUT2D eigenvalue weighted by Gasteiger charge is -2.24. The van der Waals surface area contributed by atoms with E-state index in [9.17, 15) is 0 Å². The van der Waals surface area contributed by atoms with Crippen LogP contribution in [0.25, 0.3) is 0 Å². The predicted molar refractivity (Wildman–Crippen MR) is 61.6 cm³/mol. The van der Waals surface area contributed by atoms with Crippen LogP contribution in [0.2, 0.25) is 0 Å². The van der Waals surface area contributed by atoms with Crippen molar-refractivity contribution in [2.45, 2.75) is 12.5 Å². The second kappa shape index (κ2) is 4.28. The molecule has 0 spiro atoms. The van der Waals surface area contributed by atoms with Crippen LogP contribution in [-0.2, 0) is 0 Å². The van der Waals surface area contributed by atoms with Gasteiger partial charge in [-0.25, -0.2) is 4.98 Å². The summed E-state index contributed by atoms with van der Waals surface area (Å²) in [7, 11) is 2.11. The van der Waals surface area contributed by atoms with E-state index in [2.05, 4.69) is 38.2 Å². The third-order valence-electron chi connectivity index (χ3n) is 2.66. The Hall–Kier alpha value is -0.610. The third kappa shape index (κ3) is 2.07. The van der Waals surface area contributed by atoms with E-state index in [0.717, 1.165) is 23.4 Å². The Morgan fingerprint density at radius 3 is 3.00 bits per heavy atom. The first-order chi connectivity index (χ1) is 6.77. The van der Waals surface area contributed by atoms with Gasteiger partial charge in [0.25, 0.3) is 0 Å². The fourth-order valence-corrected chi connectivity index (χ4v) is 1.97. The van der Waals surface area contributed by atoms with Crippen molar-refractivity contribution in [3.8, 4) is 0 Å². The molecule has 2 heterocycles. The van der Waals surface area contributed by atoms with Crippen molar-refractivity contribution < 1.29 is 0 Å². The normalized spacial score (nSPS) is 21.1. The first-order valence-electron chi connectivity index (χ1n) is 4.82. The molecule has 1 saturated heterocycles. The zero-order valence-corrected chi connectivity index (χ0v) is 9.79. The maximum absolute atomic E-state index is 4.37. The van der Waals surface area contributed by atoms with E-state index in [1.807, 2.05) is 18.3 Å². The molecular weight excluding hydrogens is 242 g/mol. The Balaban J connectivity index is 2.09. The molecule has 1 aliphatic heterocycles. The van der Waals surface area contributed by atoms with Gasteiger partial charge in [-0.2, -0.15) is 0 Å². The number of anilines is 1. The van der Waals surface area contributed by atoms with Gasteiger partial charge in [0.1, 0.15) is 5.82 Å². The molecule has 1 aromatic heterocycles. The molecule has 0 radical (unpaired) electrons. The Labute approximate surface area is 92.6 Å². The van der Waals surface area contributed by atoms with Crippen LogP contribution < -0.4 is 10.2 Å². The molecule has 0 amide bonds. The van der Waals surface area contributed by atoms with Crippen molar-refractivity contribution in [1.82, 2.24) is 10.3 Å². The monoisotopic (exact) mass is 255 g/mol. The molecule has 3 nitrogen and oxygen atoms in total. The van der Waals surface area contributed by atoms with Crippen molar-refractivity contribution in [2.24, 2.45) is 0 Å². The van der Waals surface area contributed by atoms with Gasteiger partial charge in [0.2, 0.25) is 0 Å². The quantitative estimate of drug-likeness (QED) is 0.871. The first kappa shape index (κ1) is 9.93. The largest absolute Gasteiger partial charge is 0.355 e. The Morgan fingerprint density at radius 2 is 2.43 bits per heavy atom. The smallest absolute Gasteiger partial charge is 0.128 e. The fraction of sp³-hybridized carbons (Fsp3) is 0.500. The second-order valence-electron chi connectivity index (χ2n) is 3.59. The van der Waals surface area contributed by atoms with E-state index in [-0.39, 0.29) is 0 Å². The number of hydrogen-bond acceptors (Lipinski definition) is 3. The molecule has 1 atom stereocenters.